The van der Waals surface area contributed by atoms with Crippen molar-refractivity contribution in [2.24, 2.45) is 0 Å². The summed E-state index contributed by atoms with van der Waals surface area (Å²) in [6.45, 7) is 4.72. The third-order valence-electron chi connectivity index (χ3n) is 3.08. The van der Waals surface area contributed by atoms with Gasteiger partial charge in [-0.3, -0.25) is 0 Å². The summed E-state index contributed by atoms with van der Waals surface area (Å²) in [5.74, 6) is 0.465. The van der Waals surface area contributed by atoms with E-state index in [2.05, 4.69) is 37.1 Å². The number of aryl methyl sites for hydroxylation is 2. The molecule has 0 saturated carbocycles. The van der Waals surface area contributed by atoms with E-state index in [1.54, 1.807) is 4.68 Å². The second-order valence-corrected chi connectivity index (χ2v) is 4.72. The highest BCUT2D eigenvalue weighted by molar-refractivity contribution is 5.52. The van der Waals surface area contributed by atoms with Crippen LogP contribution in [0, 0.1) is 18.3 Å². The number of aromatic nitrogens is 2. The monoisotopic (exact) mass is 254 g/mol. The molecule has 0 spiro atoms. The van der Waals surface area contributed by atoms with E-state index in [-0.39, 0.29) is 0 Å². The van der Waals surface area contributed by atoms with Gasteiger partial charge in [0.15, 0.2) is 0 Å². The highest BCUT2D eigenvalue weighted by Crippen LogP contribution is 2.19. The van der Waals surface area contributed by atoms with E-state index in [9.17, 15) is 0 Å². The Morgan fingerprint density at radius 2 is 2.21 bits per heavy atom. The molecule has 4 nitrogen and oxygen atoms in total. The number of nitrogens with zero attached hydrogens (tertiary/aromatic N) is 3. The minimum atomic E-state index is 0.465. The lowest BCUT2D eigenvalue weighted by molar-refractivity contribution is 0.676. The van der Waals surface area contributed by atoms with Crippen molar-refractivity contribution < 1.29 is 0 Å². The Balaban J connectivity index is 2.33. The Morgan fingerprint density at radius 1 is 1.42 bits per heavy atom. The minimum absolute atomic E-state index is 0.465. The van der Waals surface area contributed by atoms with E-state index in [1.807, 2.05) is 12.1 Å². The van der Waals surface area contributed by atoms with Crippen molar-refractivity contribution in [1.29, 1.82) is 5.26 Å². The fourth-order valence-corrected chi connectivity index (χ4v) is 2.16. The van der Waals surface area contributed by atoms with Gasteiger partial charge in [0.25, 0.3) is 0 Å². The summed E-state index contributed by atoms with van der Waals surface area (Å²) in [6.07, 6.45) is 1.74. The molecule has 0 aliphatic heterocycles. The van der Waals surface area contributed by atoms with Crippen molar-refractivity contribution >= 4 is 5.82 Å². The molecule has 1 aromatic carbocycles. The van der Waals surface area contributed by atoms with Gasteiger partial charge in [-0.15, -0.1) is 0 Å². The Hall–Kier alpha value is -2.28. The lowest BCUT2D eigenvalue weighted by atomic mass is 10.1. The van der Waals surface area contributed by atoms with Crippen LogP contribution >= 0.6 is 0 Å². The van der Waals surface area contributed by atoms with E-state index < -0.39 is 0 Å². The van der Waals surface area contributed by atoms with E-state index in [4.69, 9.17) is 11.0 Å². The van der Waals surface area contributed by atoms with Crippen LogP contribution in [-0.2, 0) is 13.0 Å². The summed E-state index contributed by atoms with van der Waals surface area (Å²) < 4.78 is 1.72. The highest BCUT2D eigenvalue weighted by atomic mass is 15.3. The quantitative estimate of drug-likeness (QED) is 0.912. The molecule has 1 heterocycles. The lowest BCUT2D eigenvalue weighted by Crippen LogP contribution is -2.06. The summed E-state index contributed by atoms with van der Waals surface area (Å²) in [4.78, 5) is 0. The molecular weight excluding hydrogens is 236 g/mol. The zero-order valence-electron chi connectivity index (χ0n) is 11.3. The number of nitrogens with two attached hydrogens (primary N) is 1. The maximum atomic E-state index is 9.17. The lowest BCUT2D eigenvalue weighted by Gasteiger charge is -2.05. The first-order valence-corrected chi connectivity index (χ1v) is 6.46. The van der Waals surface area contributed by atoms with Gasteiger partial charge in [-0.05, 0) is 18.9 Å². The molecule has 1 aromatic heterocycles. The molecular formula is C15H18N4. The van der Waals surface area contributed by atoms with Gasteiger partial charge in [0.1, 0.15) is 17.5 Å². The smallest absolute Gasteiger partial charge is 0.140 e. The van der Waals surface area contributed by atoms with Crippen LogP contribution in [0.5, 0.6) is 0 Å². The third-order valence-corrected chi connectivity index (χ3v) is 3.08. The van der Waals surface area contributed by atoms with Gasteiger partial charge in [0.2, 0.25) is 0 Å². The molecule has 0 saturated heterocycles. The van der Waals surface area contributed by atoms with Crippen molar-refractivity contribution in [3.63, 3.8) is 0 Å². The van der Waals surface area contributed by atoms with Gasteiger partial charge in [0.05, 0.1) is 12.2 Å². The van der Waals surface area contributed by atoms with Crippen LogP contribution in [0.4, 0.5) is 5.82 Å². The fraction of sp³-hybridized carbons (Fsp3) is 0.333. The van der Waals surface area contributed by atoms with Gasteiger partial charge in [-0.1, -0.05) is 43.2 Å². The van der Waals surface area contributed by atoms with E-state index in [0.717, 1.165) is 24.1 Å². The van der Waals surface area contributed by atoms with Crippen LogP contribution in [0.3, 0.4) is 0 Å². The zero-order valence-corrected chi connectivity index (χ0v) is 11.3. The standard InChI is InChI=1S/C15H18N4/c1-3-5-14-13(9-16)15(17)19(18-14)10-12-7-4-6-11(2)8-12/h4,6-8H,3,5,10,17H2,1-2H3. The van der Waals surface area contributed by atoms with Crippen LogP contribution in [0.2, 0.25) is 0 Å². The minimum Gasteiger partial charge on any atom is -0.383 e. The molecule has 2 N–H and O–H groups in total. The van der Waals surface area contributed by atoms with Gasteiger partial charge in [-0.25, -0.2) is 4.68 Å². The van der Waals surface area contributed by atoms with Crippen molar-refractivity contribution in [3.8, 4) is 6.07 Å². The van der Waals surface area contributed by atoms with Crippen molar-refractivity contribution in [1.82, 2.24) is 9.78 Å². The average molecular weight is 254 g/mol. The molecule has 2 aromatic rings. The van der Waals surface area contributed by atoms with Gasteiger partial charge >= 0.3 is 0 Å². The van der Waals surface area contributed by atoms with E-state index >= 15 is 0 Å². The van der Waals surface area contributed by atoms with Gasteiger partial charge < -0.3 is 5.73 Å². The third kappa shape index (κ3) is 2.76. The molecule has 0 radical (unpaired) electrons. The van der Waals surface area contributed by atoms with Gasteiger partial charge in [0, 0.05) is 0 Å². The molecule has 0 aliphatic carbocycles. The Kier molecular flexibility index (Phi) is 3.86. The Labute approximate surface area is 113 Å². The van der Waals surface area contributed by atoms with E-state index in [1.165, 1.54) is 5.56 Å². The summed E-state index contributed by atoms with van der Waals surface area (Å²) in [5, 5.41) is 13.6. The first-order chi connectivity index (χ1) is 9.15. The Morgan fingerprint density at radius 3 is 2.84 bits per heavy atom. The summed E-state index contributed by atoms with van der Waals surface area (Å²) in [7, 11) is 0. The summed E-state index contributed by atoms with van der Waals surface area (Å²) >= 11 is 0. The number of benzene rings is 1. The van der Waals surface area contributed by atoms with Crippen molar-refractivity contribution in [2.45, 2.75) is 33.2 Å². The number of hydrogen-bond acceptors (Lipinski definition) is 3. The van der Waals surface area contributed by atoms with Gasteiger partial charge in [-0.2, -0.15) is 10.4 Å². The molecule has 98 valence electrons. The summed E-state index contributed by atoms with van der Waals surface area (Å²) in [6, 6.07) is 10.4. The molecule has 0 atom stereocenters. The average Bonchev–Trinajstić information content (AvgIpc) is 2.66. The second kappa shape index (κ2) is 5.57. The number of nitrogen functional groups attached to an aromatic ring is 1. The molecule has 4 heteroatoms. The molecule has 0 bridgehead atoms. The number of hydrogen-bond donors (Lipinski definition) is 1. The predicted octanol–water partition coefficient (Wildman–Crippen LogP) is 2.65. The topological polar surface area (TPSA) is 67.6 Å². The SMILES string of the molecule is CCCc1nn(Cc2cccc(C)c2)c(N)c1C#N. The van der Waals surface area contributed by atoms with Crippen molar-refractivity contribution in [2.75, 3.05) is 5.73 Å². The first kappa shape index (κ1) is 13.2. The maximum Gasteiger partial charge on any atom is 0.140 e. The van der Waals surface area contributed by atoms with Crippen molar-refractivity contribution in [3.05, 3.63) is 46.6 Å². The number of rotatable bonds is 4. The molecule has 19 heavy (non-hydrogen) atoms. The largest absolute Gasteiger partial charge is 0.383 e. The highest BCUT2D eigenvalue weighted by Gasteiger charge is 2.14. The Bertz CT molecular complexity index is 620. The second-order valence-electron chi connectivity index (χ2n) is 4.72. The molecule has 0 aliphatic rings. The molecule has 0 fully saturated rings. The maximum absolute atomic E-state index is 9.17. The number of anilines is 1. The van der Waals surface area contributed by atoms with Crippen LogP contribution < -0.4 is 5.73 Å². The molecule has 0 unspecified atom stereocenters. The van der Waals surface area contributed by atoms with E-state index in [0.29, 0.717) is 17.9 Å². The van der Waals surface area contributed by atoms with Crippen LogP contribution in [0.25, 0.3) is 0 Å². The predicted molar refractivity (Wildman–Crippen MR) is 75.6 cm³/mol. The number of nitriles is 1. The molecule has 2 rings (SSSR count). The van der Waals surface area contributed by atoms with Crippen LogP contribution in [0.15, 0.2) is 24.3 Å². The fourth-order valence-electron chi connectivity index (χ4n) is 2.16. The zero-order chi connectivity index (χ0) is 13.8. The van der Waals surface area contributed by atoms with Crippen LogP contribution in [-0.4, -0.2) is 9.78 Å². The van der Waals surface area contributed by atoms with Crippen LogP contribution in [0.1, 0.15) is 35.7 Å². The first-order valence-electron chi connectivity index (χ1n) is 6.46. The normalized spacial score (nSPS) is 10.4. The summed E-state index contributed by atoms with van der Waals surface area (Å²) in [5.41, 5.74) is 9.68. The molecule has 0 amide bonds.